The lowest BCUT2D eigenvalue weighted by atomic mass is 9.98. The maximum atomic E-state index is 13.2. The highest BCUT2D eigenvalue weighted by Gasteiger charge is 2.50. The first-order chi connectivity index (χ1) is 38.6. The summed E-state index contributed by atoms with van der Waals surface area (Å²) >= 11 is 0. The van der Waals surface area contributed by atoms with Crippen molar-refractivity contribution < 1.29 is 58.2 Å². The van der Waals surface area contributed by atoms with E-state index in [-0.39, 0.29) is 25.9 Å². The first-order valence-corrected chi connectivity index (χ1v) is 31.6. The molecule has 1 rings (SSSR count). The van der Waals surface area contributed by atoms with Crippen molar-refractivity contribution in [2.24, 2.45) is 0 Å². The number of carbonyl (C=O) groups excluding carboxylic acids is 3. The van der Waals surface area contributed by atoms with E-state index in [4.69, 9.17) is 23.7 Å². The van der Waals surface area contributed by atoms with Gasteiger partial charge in [0, 0.05) is 19.3 Å². The Morgan fingerprint density at radius 1 is 0.430 bits per heavy atom. The van der Waals surface area contributed by atoms with Gasteiger partial charge in [0.2, 0.25) is 0 Å². The highest BCUT2D eigenvalue weighted by Crippen LogP contribution is 2.26. The molecular formula is C67H112O12. The van der Waals surface area contributed by atoms with Crippen molar-refractivity contribution >= 4 is 23.9 Å². The van der Waals surface area contributed by atoms with Crippen molar-refractivity contribution in [2.75, 3.05) is 13.2 Å². The van der Waals surface area contributed by atoms with Crippen molar-refractivity contribution in [1.29, 1.82) is 0 Å². The number of carbonyl (C=O) groups is 4. The summed E-state index contributed by atoms with van der Waals surface area (Å²) < 4.78 is 28.5. The minimum absolute atomic E-state index is 0.0416. The molecule has 1 aliphatic heterocycles. The van der Waals surface area contributed by atoms with Crippen LogP contribution in [-0.4, -0.2) is 89.2 Å². The number of hydrogen-bond donors (Lipinski definition) is 3. The lowest BCUT2D eigenvalue weighted by Crippen LogP contribution is -2.61. The fourth-order valence-corrected chi connectivity index (χ4v) is 9.20. The van der Waals surface area contributed by atoms with Gasteiger partial charge < -0.3 is 39.0 Å². The second-order valence-corrected chi connectivity index (χ2v) is 21.3. The third-order valence-corrected chi connectivity index (χ3v) is 14.0. The first kappa shape index (κ1) is 72.9. The zero-order valence-corrected chi connectivity index (χ0v) is 49.8. The summed E-state index contributed by atoms with van der Waals surface area (Å²) in [6.07, 6.45) is 58.2. The van der Waals surface area contributed by atoms with Gasteiger partial charge in [-0.25, -0.2) is 4.79 Å². The van der Waals surface area contributed by atoms with Gasteiger partial charge in [-0.3, -0.25) is 14.4 Å². The van der Waals surface area contributed by atoms with E-state index in [1.54, 1.807) is 0 Å². The van der Waals surface area contributed by atoms with Crippen LogP contribution in [0.5, 0.6) is 0 Å². The number of carboxylic acids is 1. The molecule has 452 valence electrons. The quantitative estimate of drug-likeness (QED) is 0.0228. The SMILES string of the molecule is CC/C=C\C/C=C\C/C=C\C/C=C\CCCCCCCCC(=O)OC1C(OCC(COC(=O)CCCCCCCCC/C=C\C/C=C\C/C=C\CC)OC(=O)CCCCCCCCCCCCCCC)OC(C(=O)O)C(O)C1O. The molecule has 3 N–H and O–H groups in total. The zero-order chi connectivity index (χ0) is 57.5. The molecule has 79 heavy (non-hydrogen) atoms. The second-order valence-electron chi connectivity index (χ2n) is 21.3. The Hall–Kier alpha value is -4.10. The van der Waals surface area contributed by atoms with Gasteiger partial charge in [0.05, 0.1) is 6.61 Å². The van der Waals surface area contributed by atoms with E-state index >= 15 is 0 Å². The summed E-state index contributed by atoms with van der Waals surface area (Å²) in [5.74, 6) is -3.14. The van der Waals surface area contributed by atoms with Crippen LogP contribution in [0.3, 0.4) is 0 Å². The van der Waals surface area contributed by atoms with E-state index in [2.05, 4.69) is 106 Å². The molecule has 0 spiro atoms. The van der Waals surface area contributed by atoms with Crippen molar-refractivity contribution in [3.8, 4) is 0 Å². The summed E-state index contributed by atoms with van der Waals surface area (Å²) in [6.45, 7) is 5.78. The van der Waals surface area contributed by atoms with E-state index in [0.717, 1.165) is 141 Å². The third-order valence-electron chi connectivity index (χ3n) is 14.0. The molecule has 12 heteroatoms. The molecule has 1 fully saturated rings. The van der Waals surface area contributed by atoms with Crippen LogP contribution in [0, 0.1) is 0 Å². The smallest absolute Gasteiger partial charge is 0.335 e. The summed E-state index contributed by atoms with van der Waals surface area (Å²) in [5, 5.41) is 31.6. The van der Waals surface area contributed by atoms with Crippen LogP contribution in [0.4, 0.5) is 0 Å². The van der Waals surface area contributed by atoms with E-state index in [1.807, 2.05) is 0 Å². The predicted octanol–water partition coefficient (Wildman–Crippen LogP) is 16.7. The Labute approximate surface area is 480 Å². The number of ether oxygens (including phenoxy) is 5. The van der Waals surface area contributed by atoms with E-state index in [0.29, 0.717) is 19.3 Å². The van der Waals surface area contributed by atoms with Crippen LogP contribution < -0.4 is 0 Å². The summed E-state index contributed by atoms with van der Waals surface area (Å²) in [7, 11) is 0. The number of aliphatic hydroxyl groups excluding tert-OH is 2. The predicted molar refractivity (Wildman–Crippen MR) is 321 cm³/mol. The molecule has 12 nitrogen and oxygen atoms in total. The molecule has 0 bridgehead atoms. The van der Waals surface area contributed by atoms with Crippen LogP contribution in [0.25, 0.3) is 0 Å². The van der Waals surface area contributed by atoms with Crippen molar-refractivity contribution in [3.63, 3.8) is 0 Å². The van der Waals surface area contributed by atoms with Gasteiger partial charge >= 0.3 is 23.9 Å². The number of hydrogen-bond acceptors (Lipinski definition) is 11. The highest BCUT2D eigenvalue weighted by molar-refractivity contribution is 5.74. The van der Waals surface area contributed by atoms with Gasteiger partial charge in [0.1, 0.15) is 18.8 Å². The Morgan fingerprint density at radius 3 is 1.22 bits per heavy atom. The van der Waals surface area contributed by atoms with Gasteiger partial charge in [-0.05, 0) is 89.9 Å². The normalized spacial score (nSPS) is 18.4. The zero-order valence-electron chi connectivity index (χ0n) is 49.8. The Kier molecular flexibility index (Phi) is 50.3. The number of aliphatic hydroxyl groups is 2. The van der Waals surface area contributed by atoms with Crippen molar-refractivity contribution in [3.05, 3.63) is 85.1 Å². The van der Waals surface area contributed by atoms with E-state index in [1.165, 1.54) is 64.2 Å². The van der Waals surface area contributed by atoms with Crippen LogP contribution >= 0.6 is 0 Å². The van der Waals surface area contributed by atoms with Crippen molar-refractivity contribution in [1.82, 2.24) is 0 Å². The third kappa shape index (κ3) is 44.3. The average Bonchev–Trinajstić information content (AvgIpc) is 3.46. The average molecular weight is 1110 g/mol. The maximum absolute atomic E-state index is 13.2. The largest absolute Gasteiger partial charge is 0.479 e. The van der Waals surface area contributed by atoms with Gasteiger partial charge in [-0.1, -0.05) is 241 Å². The molecule has 0 radical (unpaired) electrons. The summed E-state index contributed by atoms with van der Waals surface area (Å²) in [4.78, 5) is 51.3. The Morgan fingerprint density at radius 2 is 0.797 bits per heavy atom. The number of rotatable bonds is 53. The van der Waals surface area contributed by atoms with Gasteiger partial charge in [0.25, 0.3) is 0 Å². The molecule has 1 heterocycles. The number of carboxylic acid groups (broad SMARTS) is 1. The van der Waals surface area contributed by atoms with Crippen LogP contribution in [-0.2, 0) is 42.9 Å². The molecular weight excluding hydrogens is 997 g/mol. The molecule has 0 amide bonds. The monoisotopic (exact) mass is 1110 g/mol. The lowest BCUT2D eigenvalue weighted by molar-refractivity contribution is -0.301. The fraction of sp³-hybridized carbons (Fsp3) is 0.731. The number of unbranched alkanes of at least 4 members (excludes halogenated alkanes) is 25. The fourth-order valence-electron chi connectivity index (χ4n) is 9.20. The van der Waals surface area contributed by atoms with Gasteiger partial charge in [-0.15, -0.1) is 0 Å². The topological polar surface area (TPSA) is 175 Å². The molecule has 6 unspecified atom stereocenters. The van der Waals surface area contributed by atoms with Gasteiger partial charge in [0.15, 0.2) is 24.6 Å². The van der Waals surface area contributed by atoms with Crippen molar-refractivity contribution in [2.45, 2.75) is 302 Å². The van der Waals surface area contributed by atoms with Crippen LogP contribution in [0.2, 0.25) is 0 Å². The summed E-state index contributed by atoms with van der Waals surface area (Å²) in [6, 6.07) is 0. The van der Waals surface area contributed by atoms with Crippen LogP contribution in [0.1, 0.15) is 265 Å². The van der Waals surface area contributed by atoms with Crippen LogP contribution in [0.15, 0.2) is 85.1 Å². The molecule has 1 saturated heterocycles. The standard InChI is InChI=1S/C67H112O12/c1-4-7-10-13-16-19-22-25-27-29-30-32-34-37-40-43-46-49-52-55-61(70)78-65-63(72)62(71)64(66(73)74)79-67(65)76-57-58(77-60(69)54-51-48-45-42-39-35-24-21-18-15-12-9-6-3)56-75-59(68)53-50-47-44-41-38-36-33-31-28-26-23-20-17-14-11-8-5-2/h7-8,10-11,16-17,19-20,25-28,30,32,58,62-65,67,71-72H,4-6,9,12-15,18,21-24,29,31,33-57H2,1-3H3,(H,73,74)/b10-7-,11-8-,19-16-,20-17-,27-25-,28-26-,32-30-. The Balaban J connectivity index is 2.66. The van der Waals surface area contributed by atoms with E-state index < -0.39 is 67.3 Å². The molecule has 0 saturated carbocycles. The first-order valence-electron chi connectivity index (χ1n) is 31.6. The maximum Gasteiger partial charge on any atom is 0.335 e. The number of aliphatic carboxylic acids is 1. The molecule has 0 aromatic carbocycles. The number of esters is 3. The summed E-state index contributed by atoms with van der Waals surface area (Å²) in [5.41, 5.74) is 0. The molecule has 0 aliphatic carbocycles. The van der Waals surface area contributed by atoms with Gasteiger partial charge in [-0.2, -0.15) is 0 Å². The lowest BCUT2D eigenvalue weighted by Gasteiger charge is -2.40. The molecule has 1 aliphatic rings. The molecule has 6 atom stereocenters. The minimum atomic E-state index is -1.91. The Bertz CT molecular complexity index is 1700. The minimum Gasteiger partial charge on any atom is -0.479 e. The molecule has 0 aromatic heterocycles. The number of allylic oxidation sites excluding steroid dienone is 14. The second kappa shape index (κ2) is 54.5. The van der Waals surface area contributed by atoms with E-state index in [9.17, 15) is 34.5 Å². The highest BCUT2D eigenvalue weighted by atomic mass is 16.7. The molecule has 0 aromatic rings.